The van der Waals surface area contributed by atoms with Gasteiger partial charge >= 0.3 is 0 Å². The minimum atomic E-state index is -0.175. The lowest BCUT2D eigenvalue weighted by Gasteiger charge is -2.17. The molecule has 0 saturated carbocycles. The molecule has 0 bridgehead atoms. The Morgan fingerprint density at radius 2 is 2.08 bits per heavy atom. The van der Waals surface area contributed by atoms with Crippen LogP contribution in [-0.2, 0) is 5.41 Å². The number of anilines is 1. The molecular formula is C9H12N4. The van der Waals surface area contributed by atoms with Crippen molar-refractivity contribution in [1.82, 2.24) is 9.97 Å². The molecule has 0 aliphatic heterocycles. The molecule has 1 rings (SSSR count). The molecule has 0 atom stereocenters. The SMILES string of the molecule is CC(C)(C)c1ncc(N)nc1C#N. The molecule has 1 aromatic rings. The minimum absolute atomic E-state index is 0.175. The topological polar surface area (TPSA) is 75.6 Å². The summed E-state index contributed by atoms with van der Waals surface area (Å²) >= 11 is 0. The summed E-state index contributed by atoms with van der Waals surface area (Å²) in [6, 6.07) is 1.99. The van der Waals surface area contributed by atoms with E-state index in [1.54, 1.807) is 0 Å². The van der Waals surface area contributed by atoms with Crippen molar-refractivity contribution in [2.45, 2.75) is 26.2 Å². The van der Waals surface area contributed by atoms with Gasteiger partial charge in [-0.25, -0.2) is 4.98 Å². The van der Waals surface area contributed by atoms with Crippen LogP contribution in [0.15, 0.2) is 6.20 Å². The zero-order chi connectivity index (χ0) is 10.1. The van der Waals surface area contributed by atoms with Crippen LogP contribution in [0, 0.1) is 11.3 Å². The van der Waals surface area contributed by atoms with Gasteiger partial charge in [0.2, 0.25) is 0 Å². The van der Waals surface area contributed by atoms with Crippen molar-refractivity contribution >= 4 is 5.82 Å². The van der Waals surface area contributed by atoms with Gasteiger partial charge in [-0.1, -0.05) is 20.8 Å². The highest BCUT2D eigenvalue weighted by molar-refractivity contribution is 5.36. The molecule has 4 heteroatoms. The van der Waals surface area contributed by atoms with E-state index in [2.05, 4.69) is 9.97 Å². The molecule has 0 aliphatic rings. The van der Waals surface area contributed by atoms with Crippen LogP contribution >= 0.6 is 0 Å². The highest BCUT2D eigenvalue weighted by atomic mass is 14.9. The van der Waals surface area contributed by atoms with Crippen molar-refractivity contribution in [3.63, 3.8) is 0 Å². The van der Waals surface area contributed by atoms with Crippen LogP contribution in [0.3, 0.4) is 0 Å². The number of nitriles is 1. The van der Waals surface area contributed by atoms with E-state index in [9.17, 15) is 0 Å². The first-order valence-corrected chi connectivity index (χ1v) is 3.98. The molecule has 13 heavy (non-hydrogen) atoms. The fourth-order valence-electron chi connectivity index (χ4n) is 1.03. The standard InChI is InChI=1S/C9H12N4/c1-9(2,3)8-6(4-10)13-7(11)5-12-8/h5H,1-3H3,(H2,11,13). The molecule has 0 amide bonds. The third-order valence-corrected chi connectivity index (χ3v) is 1.61. The first-order chi connectivity index (χ1) is 5.95. The Labute approximate surface area is 77.4 Å². The summed E-state index contributed by atoms with van der Waals surface area (Å²) in [5.74, 6) is 0.282. The molecule has 0 radical (unpaired) electrons. The Morgan fingerprint density at radius 3 is 2.54 bits per heavy atom. The van der Waals surface area contributed by atoms with Crippen molar-refractivity contribution in [3.05, 3.63) is 17.6 Å². The Morgan fingerprint density at radius 1 is 1.46 bits per heavy atom. The van der Waals surface area contributed by atoms with E-state index >= 15 is 0 Å². The molecule has 0 saturated heterocycles. The van der Waals surface area contributed by atoms with Gasteiger partial charge in [-0.15, -0.1) is 0 Å². The smallest absolute Gasteiger partial charge is 0.164 e. The molecule has 0 fully saturated rings. The Balaban J connectivity index is 3.32. The van der Waals surface area contributed by atoms with Gasteiger partial charge in [-0.05, 0) is 0 Å². The van der Waals surface area contributed by atoms with E-state index in [0.717, 1.165) is 0 Å². The highest BCUT2D eigenvalue weighted by Crippen LogP contribution is 2.22. The maximum atomic E-state index is 8.80. The van der Waals surface area contributed by atoms with Crippen molar-refractivity contribution in [2.24, 2.45) is 0 Å². The largest absolute Gasteiger partial charge is 0.382 e. The number of hydrogen-bond acceptors (Lipinski definition) is 4. The van der Waals surface area contributed by atoms with Crippen LogP contribution in [0.2, 0.25) is 0 Å². The first-order valence-electron chi connectivity index (χ1n) is 3.98. The van der Waals surface area contributed by atoms with Gasteiger partial charge < -0.3 is 5.73 Å². The van der Waals surface area contributed by atoms with Crippen molar-refractivity contribution in [1.29, 1.82) is 5.26 Å². The number of nitrogens with two attached hydrogens (primary N) is 1. The van der Waals surface area contributed by atoms with Crippen LogP contribution in [0.4, 0.5) is 5.82 Å². The quantitative estimate of drug-likeness (QED) is 0.645. The summed E-state index contributed by atoms with van der Waals surface area (Å²) in [6.45, 7) is 5.94. The van der Waals surface area contributed by atoms with Gasteiger partial charge in [-0.2, -0.15) is 5.26 Å². The summed E-state index contributed by atoms with van der Waals surface area (Å²) < 4.78 is 0. The van der Waals surface area contributed by atoms with Gasteiger partial charge in [0.15, 0.2) is 5.69 Å². The molecule has 0 spiro atoms. The Bertz CT molecular complexity index is 357. The maximum absolute atomic E-state index is 8.80. The number of aromatic nitrogens is 2. The van der Waals surface area contributed by atoms with Crippen molar-refractivity contribution < 1.29 is 0 Å². The van der Waals surface area contributed by atoms with E-state index in [4.69, 9.17) is 11.0 Å². The number of nitrogens with zero attached hydrogens (tertiary/aromatic N) is 3. The third kappa shape index (κ3) is 1.94. The van der Waals surface area contributed by atoms with E-state index in [-0.39, 0.29) is 11.2 Å². The summed E-state index contributed by atoms with van der Waals surface area (Å²) in [5, 5.41) is 8.80. The average Bonchev–Trinajstić information content (AvgIpc) is 2.01. The summed E-state index contributed by atoms with van der Waals surface area (Å²) in [5.41, 5.74) is 6.24. The molecule has 0 aromatic carbocycles. The van der Waals surface area contributed by atoms with E-state index in [0.29, 0.717) is 11.4 Å². The molecule has 2 N–H and O–H groups in total. The average molecular weight is 176 g/mol. The van der Waals surface area contributed by atoms with Gasteiger partial charge in [0.05, 0.1) is 11.9 Å². The van der Waals surface area contributed by atoms with Gasteiger partial charge in [-0.3, -0.25) is 4.98 Å². The fraction of sp³-hybridized carbons (Fsp3) is 0.444. The number of rotatable bonds is 0. The third-order valence-electron chi connectivity index (χ3n) is 1.61. The molecular weight excluding hydrogens is 164 g/mol. The number of nitrogen functional groups attached to an aromatic ring is 1. The Hall–Kier alpha value is -1.63. The maximum Gasteiger partial charge on any atom is 0.164 e. The van der Waals surface area contributed by atoms with Crippen molar-refractivity contribution in [3.8, 4) is 6.07 Å². The Kier molecular flexibility index (Phi) is 2.20. The molecule has 4 nitrogen and oxygen atoms in total. The highest BCUT2D eigenvalue weighted by Gasteiger charge is 2.20. The first kappa shape index (κ1) is 9.46. The van der Waals surface area contributed by atoms with E-state index in [1.807, 2.05) is 26.8 Å². The van der Waals surface area contributed by atoms with Gasteiger partial charge in [0.1, 0.15) is 11.9 Å². The lowest BCUT2D eigenvalue weighted by molar-refractivity contribution is 0.563. The van der Waals surface area contributed by atoms with Gasteiger partial charge in [0.25, 0.3) is 0 Å². The van der Waals surface area contributed by atoms with Crippen LogP contribution in [-0.4, -0.2) is 9.97 Å². The summed E-state index contributed by atoms with van der Waals surface area (Å²) in [4.78, 5) is 8.02. The predicted molar refractivity (Wildman–Crippen MR) is 49.9 cm³/mol. The van der Waals surface area contributed by atoms with Crippen LogP contribution < -0.4 is 5.73 Å². The van der Waals surface area contributed by atoms with Crippen LogP contribution in [0.5, 0.6) is 0 Å². The van der Waals surface area contributed by atoms with Gasteiger partial charge in [0, 0.05) is 5.41 Å². The summed E-state index contributed by atoms with van der Waals surface area (Å²) in [6.07, 6.45) is 1.47. The predicted octanol–water partition coefficient (Wildman–Crippen LogP) is 1.23. The van der Waals surface area contributed by atoms with E-state index in [1.165, 1.54) is 6.20 Å². The normalized spacial score (nSPS) is 10.9. The van der Waals surface area contributed by atoms with Crippen molar-refractivity contribution in [2.75, 3.05) is 5.73 Å². The second-order valence-corrected chi connectivity index (χ2v) is 3.85. The van der Waals surface area contributed by atoms with E-state index < -0.39 is 0 Å². The monoisotopic (exact) mass is 176 g/mol. The number of hydrogen-bond donors (Lipinski definition) is 1. The molecule has 1 heterocycles. The minimum Gasteiger partial charge on any atom is -0.382 e. The molecule has 0 unspecified atom stereocenters. The second kappa shape index (κ2) is 3.02. The molecule has 1 aromatic heterocycles. The zero-order valence-electron chi connectivity index (χ0n) is 8.00. The lowest BCUT2D eigenvalue weighted by Crippen LogP contribution is -2.17. The van der Waals surface area contributed by atoms with Crippen LogP contribution in [0.1, 0.15) is 32.2 Å². The second-order valence-electron chi connectivity index (χ2n) is 3.85. The fourth-order valence-corrected chi connectivity index (χ4v) is 1.03. The lowest BCUT2D eigenvalue weighted by atomic mass is 9.90. The molecule has 0 aliphatic carbocycles. The summed E-state index contributed by atoms with van der Waals surface area (Å²) in [7, 11) is 0. The van der Waals surface area contributed by atoms with Crippen LogP contribution in [0.25, 0.3) is 0 Å². The zero-order valence-corrected chi connectivity index (χ0v) is 8.00. The molecule has 68 valence electrons.